The number of aromatic nitrogens is 2. The van der Waals surface area contributed by atoms with E-state index in [0.717, 1.165) is 29.5 Å². The van der Waals surface area contributed by atoms with Crippen LogP contribution < -0.4 is 24.7 Å². The van der Waals surface area contributed by atoms with Crippen LogP contribution in [0.3, 0.4) is 0 Å². The summed E-state index contributed by atoms with van der Waals surface area (Å²) in [5.74, 6) is -0.109. The molecule has 4 aromatic rings. The fourth-order valence-electron chi connectivity index (χ4n) is 4.59. The summed E-state index contributed by atoms with van der Waals surface area (Å²) in [5, 5.41) is 0.293. The second-order valence-electron chi connectivity index (χ2n) is 10.5. The number of aryl methyl sites for hydroxylation is 2. The first-order chi connectivity index (χ1) is 22.6. The zero-order chi connectivity index (χ0) is 35.2. The Morgan fingerprint density at radius 3 is 2.19 bits per heavy atom. The van der Waals surface area contributed by atoms with Crippen LogP contribution in [0.2, 0.25) is 0 Å². The summed E-state index contributed by atoms with van der Waals surface area (Å²) < 4.78 is 69.7. The normalized spacial score (nSPS) is 11.6. The number of methoxy groups -OCH3 is 2. The topological polar surface area (TPSA) is 206 Å². The molecule has 4 rings (SSSR count). The van der Waals surface area contributed by atoms with Gasteiger partial charge in [0.1, 0.15) is 41.7 Å². The van der Waals surface area contributed by atoms with E-state index in [1.54, 1.807) is 29.2 Å². The molecule has 17 heteroatoms. The van der Waals surface area contributed by atoms with E-state index in [-0.39, 0.29) is 23.7 Å². The molecule has 0 saturated carbocycles. The van der Waals surface area contributed by atoms with Crippen molar-refractivity contribution in [1.29, 1.82) is 0 Å². The van der Waals surface area contributed by atoms with Crippen LogP contribution >= 0.6 is 0 Å². The molecule has 0 atom stereocenters. The van der Waals surface area contributed by atoms with Crippen molar-refractivity contribution in [3.8, 4) is 28.6 Å². The number of benzene rings is 3. The number of carbonyl (C=O) groups is 2. The van der Waals surface area contributed by atoms with Gasteiger partial charge in [0.25, 0.3) is 15.6 Å². The number of ether oxygens (including phenoxy) is 4. The lowest BCUT2D eigenvalue weighted by molar-refractivity contribution is -0.152. The Labute approximate surface area is 276 Å². The van der Waals surface area contributed by atoms with Crippen LogP contribution in [0.25, 0.3) is 22.3 Å². The highest BCUT2D eigenvalue weighted by atomic mass is 32.2. The van der Waals surface area contributed by atoms with Crippen molar-refractivity contribution in [2.75, 3.05) is 33.7 Å². The number of esters is 1. The van der Waals surface area contributed by atoms with Crippen LogP contribution in [-0.4, -0.2) is 72.4 Å². The number of sulfone groups is 1. The third-order valence-corrected chi connectivity index (χ3v) is 9.16. The number of nitrogens with one attached hydrogen (secondary N) is 2. The Hall–Kier alpha value is -5.00. The number of H-pyrrole nitrogens is 1. The highest BCUT2D eigenvalue weighted by Gasteiger charge is 2.20. The van der Waals surface area contributed by atoms with Gasteiger partial charge in [-0.25, -0.2) is 21.8 Å². The largest absolute Gasteiger partial charge is 0.497 e. The molecule has 0 radical (unpaired) electrons. The SMILES string of the molecule is COc1cc(OC)c2c(=O)[nH]c(-c3cc(C)c(OCCOC(=O)CCC(=O)ONS(=O)(=O)c4cccc(S(C)(=O)=O)c4)c(C)c3)nc2c1. The molecular formula is C31H33N3O12S2. The molecule has 0 spiro atoms. The van der Waals surface area contributed by atoms with Gasteiger partial charge in [-0.05, 0) is 60.2 Å². The first-order valence-electron chi connectivity index (χ1n) is 14.2. The van der Waals surface area contributed by atoms with E-state index < -0.39 is 49.5 Å². The quantitative estimate of drug-likeness (QED) is 0.110. The Bertz CT molecular complexity index is 2120. The summed E-state index contributed by atoms with van der Waals surface area (Å²) in [6.07, 6.45) is 0.0324. The van der Waals surface area contributed by atoms with Gasteiger partial charge < -0.3 is 28.8 Å². The number of fused-ring (bicyclic) bond motifs is 1. The molecule has 2 N–H and O–H groups in total. The van der Waals surface area contributed by atoms with Crippen LogP contribution in [0.5, 0.6) is 17.2 Å². The van der Waals surface area contributed by atoms with Gasteiger partial charge >= 0.3 is 11.9 Å². The summed E-state index contributed by atoms with van der Waals surface area (Å²) in [6.45, 7) is 3.48. The second-order valence-corrected chi connectivity index (χ2v) is 14.1. The maximum Gasteiger partial charge on any atom is 0.326 e. The van der Waals surface area contributed by atoms with E-state index in [9.17, 15) is 31.2 Å². The van der Waals surface area contributed by atoms with Gasteiger partial charge in [0.2, 0.25) is 0 Å². The van der Waals surface area contributed by atoms with E-state index in [1.807, 2.05) is 13.8 Å². The van der Waals surface area contributed by atoms with Crippen LogP contribution in [0, 0.1) is 13.8 Å². The number of carbonyl (C=O) groups excluding carboxylic acids is 2. The van der Waals surface area contributed by atoms with Gasteiger partial charge in [-0.1, -0.05) is 6.07 Å². The maximum absolute atomic E-state index is 12.9. The van der Waals surface area contributed by atoms with Gasteiger partial charge in [0, 0.05) is 24.0 Å². The highest BCUT2D eigenvalue weighted by molar-refractivity contribution is 7.91. The third kappa shape index (κ3) is 8.67. The zero-order valence-corrected chi connectivity index (χ0v) is 28.2. The van der Waals surface area contributed by atoms with Gasteiger partial charge in [-0.2, -0.15) is 0 Å². The van der Waals surface area contributed by atoms with Crippen molar-refractivity contribution in [2.45, 2.75) is 36.5 Å². The summed E-state index contributed by atoms with van der Waals surface area (Å²) in [5.41, 5.74) is 2.13. The van der Waals surface area contributed by atoms with Gasteiger partial charge in [-0.3, -0.25) is 14.4 Å². The second kappa shape index (κ2) is 14.8. The minimum Gasteiger partial charge on any atom is -0.497 e. The van der Waals surface area contributed by atoms with E-state index in [0.29, 0.717) is 39.5 Å². The molecule has 1 aromatic heterocycles. The standard InChI is InChI=1S/C31H33N3O12S2/c1-18-13-20(30-32-24-15-21(42-3)16-25(43-4)28(24)31(37)33-30)14-19(2)29(18)45-12-11-44-26(35)9-10-27(36)46-34-48(40,41)23-8-6-7-22(17-23)47(5,38)39/h6-8,13-17,34H,9-12H2,1-5H3,(H,32,33,37). The number of hydrogen-bond donors (Lipinski definition) is 2. The fourth-order valence-corrected chi connectivity index (χ4v) is 6.17. The Kier molecular flexibility index (Phi) is 11.1. The Morgan fingerprint density at radius 1 is 0.875 bits per heavy atom. The third-order valence-electron chi connectivity index (χ3n) is 6.87. The summed E-state index contributed by atoms with van der Waals surface area (Å²) in [6, 6.07) is 11.3. The first kappa shape index (κ1) is 35.8. The molecule has 0 saturated heterocycles. The van der Waals surface area contributed by atoms with Crippen LogP contribution in [0.1, 0.15) is 24.0 Å². The van der Waals surface area contributed by atoms with E-state index in [1.165, 1.54) is 26.4 Å². The van der Waals surface area contributed by atoms with Gasteiger partial charge in [0.15, 0.2) is 9.84 Å². The average molecular weight is 704 g/mol. The first-order valence-corrected chi connectivity index (χ1v) is 17.6. The van der Waals surface area contributed by atoms with Crippen molar-refractivity contribution < 1.29 is 50.2 Å². The molecule has 1 heterocycles. The lowest BCUT2D eigenvalue weighted by atomic mass is 10.0. The lowest BCUT2D eigenvalue weighted by Gasteiger charge is -2.15. The van der Waals surface area contributed by atoms with Crippen LogP contribution in [0.15, 0.2) is 63.1 Å². The van der Waals surface area contributed by atoms with Gasteiger partial charge in [0.05, 0.1) is 42.4 Å². The fraction of sp³-hybridized carbons (Fsp3) is 0.290. The van der Waals surface area contributed by atoms with Crippen LogP contribution in [-0.2, 0) is 39.0 Å². The molecule has 0 fully saturated rings. The van der Waals surface area contributed by atoms with Gasteiger partial charge in [-0.15, -0.1) is 0 Å². The van der Waals surface area contributed by atoms with Crippen molar-refractivity contribution >= 4 is 42.7 Å². The average Bonchev–Trinajstić information content (AvgIpc) is 3.04. The summed E-state index contributed by atoms with van der Waals surface area (Å²) in [7, 11) is -5.09. The predicted octanol–water partition coefficient (Wildman–Crippen LogP) is 2.77. The van der Waals surface area contributed by atoms with E-state index in [2.05, 4.69) is 14.8 Å². The molecule has 0 unspecified atom stereocenters. The zero-order valence-electron chi connectivity index (χ0n) is 26.6. The lowest BCUT2D eigenvalue weighted by Crippen LogP contribution is -2.27. The van der Waals surface area contributed by atoms with Crippen LogP contribution in [0.4, 0.5) is 0 Å². The van der Waals surface area contributed by atoms with E-state index >= 15 is 0 Å². The predicted molar refractivity (Wildman–Crippen MR) is 172 cm³/mol. The molecule has 0 aliphatic carbocycles. The summed E-state index contributed by atoms with van der Waals surface area (Å²) in [4.78, 5) is 49.9. The molecule has 0 bridgehead atoms. The Morgan fingerprint density at radius 2 is 1.54 bits per heavy atom. The molecule has 0 aliphatic rings. The van der Waals surface area contributed by atoms with Crippen molar-refractivity contribution in [2.24, 2.45) is 0 Å². The molecular weight excluding hydrogens is 670 g/mol. The van der Waals surface area contributed by atoms with Crippen molar-refractivity contribution in [3.63, 3.8) is 0 Å². The molecule has 0 amide bonds. The molecule has 0 aliphatic heterocycles. The minimum absolute atomic E-state index is 0.00575. The molecule has 256 valence electrons. The summed E-state index contributed by atoms with van der Waals surface area (Å²) >= 11 is 0. The number of nitrogens with zero attached hydrogens (tertiary/aromatic N) is 1. The number of rotatable bonds is 14. The molecule has 3 aromatic carbocycles. The monoisotopic (exact) mass is 703 g/mol. The maximum atomic E-state index is 12.9. The highest BCUT2D eigenvalue weighted by Crippen LogP contribution is 2.31. The van der Waals surface area contributed by atoms with Crippen molar-refractivity contribution in [3.05, 3.63) is 70.0 Å². The Balaban J connectivity index is 1.28. The van der Waals surface area contributed by atoms with E-state index in [4.69, 9.17) is 18.9 Å². The molecule has 15 nitrogen and oxygen atoms in total. The number of aromatic amines is 1. The smallest absolute Gasteiger partial charge is 0.326 e. The number of sulfonamides is 1. The number of hydrogen-bond acceptors (Lipinski definition) is 13. The van der Waals surface area contributed by atoms with Crippen molar-refractivity contribution in [1.82, 2.24) is 14.9 Å². The minimum atomic E-state index is -4.38. The molecule has 48 heavy (non-hydrogen) atoms.